The maximum atomic E-state index is 14.1. The van der Waals surface area contributed by atoms with Crippen LogP contribution in [0.1, 0.15) is 24.9 Å². The zero-order valence-corrected chi connectivity index (χ0v) is 21.8. The van der Waals surface area contributed by atoms with Crippen molar-refractivity contribution in [1.29, 1.82) is 0 Å². The van der Waals surface area contributed by atoms with Gasteiger partial charge in [-0.1, -0.05) is 48.5 Å². The van der Waals surface area contributed by atoms with E-state index in [1.807, 2.05) is 18.2 Å². The Bertz CT molecular complexity index is 1410. The number of benzene rings is 4. The number of hydrogen-bond donors (Lipinski definition) is 2. The molecule has 1 unspecified atom stereocenters. The van der Waals surface area contributed by atoms with Crippen molar-refractivity contribution < 1.29 is 23.8 Å². The lowest BCUT2D eigenvalue weighted by Crippen LogP contribution is -2.39. The molecule has 198 valence electrons. The predicted octanol–water partition coefficient (Wildman–Crippen LogP) is 6.50. The first-order valence-electron chi connectivity index (χ1n) is 12.4. The van der Waals surface area contributed by atoms with Crippen LogP contribution in [0.25, 0.3) is 10.8 Å². The number of fused-ring (bicyclic) bond motifs is 2. The van der Waals surface area contributed by atoms with E-state index in [1.165, 1.54) is 28.5 Å². The Balaban J connectivity index is 0.00000336. The van der Waals surface area contributed by atoms with Gasteiger partial charge in [-0.2, -0.15) is 0 Å². The van der Waals surface area contributed by atoms with Crippen LogP contribution in [-0.4, -0.2) is 36.9 Å². The van der Waals surface area contributed by atoms with Crippen LogP contribution in [-0.2, 0) is 4.79 Å². The van der Waals surface area contributed by atoms with Gasteiger partial charge in [0.15, 0.2) is 6.61 Å². The zero-order valence-electron chi connectivity index (χ0n) is 21.0. The number of halogens is 2. The Morgan fingerprint density at radius 3 is 2.74 bits per heavy atom. The second-order valence-electron chi connectivity index (χ2n) is 9.18. The van der Waals surface area contributed by atoms with Crippen LogP contribution >= 0.6 is 12.4 Å². The van der Waals surface area contributed by atoms with E-state index in [0.29, 0.717) is 18.0 Å². The molecule has 5 rings (SSSR count). The summed E-state index contributed by atoms with van der Waals surface area (Å²) >= 11 is 0. The van der Waals surface area contributed by atoms with E-state index in [-0.39, 0.29) is 30.4 Å². The first kappa shape index (κ1) is 27.2. The van der Waals surface area contributed by atoms with Gasteiger partial charge in [-0.3, -0.25) is 0 Å². The van der Waals surface area contributed by atoms with Gasteiger partial charge in [-0.15, -0.1) is 12.4 Å². The number of nitrogens with one attached hydrogen (secondary N) is 1. The molecule has 0 saturated carbocycles. The Hall–Kier alpha value is -3.81. The van der Waals surface area contributed by atoms with Gasteiger partial charge in [0.2, 0.25) is 0 Å². The van der Waals surface area contributed by atoms with Gasteiger partial charge < -0.3 is 24.8 Å². The maximum absolute atomic E-state index is 14.1. The van der Waals surface area contributed by atoms with E-state index < -0.39 is 12.6 Å². The number of carbonyl (C=O) groups is 1. The number of carboxylic acids is 1. The van der Waals surface area contributed by atoms with Crippen molar-refractivity contribution in [3.63, 3.8) is 0 Å². The average Bonchev–Trinajstić information content (AvgIpc) is 2.91. The van der Waals surface area contributed by atoms with Crippen molar-refractivity contribution in [3.05, 3.63) is 96.3 Å². The first-order valence-corrected chi connectivity index (χ1v) is 12.4. The quantitative estimate of drug-likeness (QED) is 0.254. The molecule has 0 radical (unpaired) electrons. The first-order chi connectivity index (χ1) is 18.0. The average molecular weight is 537 g/mol. The molecule has 8 heteroatoms. The van der Waals surface area contributed by atoms with Gasteiger partial charge in [0.05, 0.1) is 12.2 Å². The summed E-state index contributed by atoms with van der Waals surface area (Å²) in [7, 11) is 0. The van der Waals surface area contributed by atoms with E-state index >= 15 is 0 Å². The lowest BCUT2D eigenvalue weighted by Gasteiger charge is -2.36. The standard InChI is InChI=1S/C30H29FN2O4.ClH/c1-20(26-11-4-7-21-6-2-3-10-27(21)26)32-15-14-25-18-33(28-13-12-22(31)16-29(28)37-25)23-8-5-9-24(17-23)36-19-30(34)35;/h2-13,16-17,20,25,32H,14-15,18-19H2,1H3,(H,34,35);1H/t20-,25?;/m1./s1. The summed E-state index contributed by atoms with van der Waals surface area (Å²) in [6.07, 6.45) is 0.543. The molecule has 1 heterocycles. The predicted molar refractivity (Wildman–Crippen MR) is 150 cm³/mol. The molecular formula is C30H30ClFN2O4. The van der Waals surface area contributed by atoms with Crippen LogP contribution in [0.3, 0.4) is 0 Å². The molecule has 2 atom stereocenters. The number of anilines is 2. The Labute approximate surface area is 227 Å². The molecule has 0 spiro atoms. The van der Waals surface area contributed by atoms with Crippen LogP contribution < -0.4 is 19.7 Å². The number of nitrogens with zero attached hydrogens (tertiary/aromatic N) is 1. The van der Waals surface area contributed by atoms with Crippen LogP contribution in [0.5, 0.6) is 11.5 Å². The molecule has 4 aromatic rings. The summed E-state index contributed by atoms with van der Waals surface area (Å²) in [4.78, 5) is 13.0. The second-order valence-corrected chi connectivity index (χ2v) is 9.18. The molecule has 6 nitrogen and oxygen atoms in total. The summed E-state index contributed by atoms with van der Waals surface area (Å²) in [5, 5.41) is 15.0. The van der Waals surface area contributed by atoms with Gasteiger partial charge in [-0.25, -0.2) is 9.18 Å². The summed E-state index contributed by atoms with van der Waals surface area (Å²) in [6, 6.07) is 26.6. The fourth-order valence-electron chi connectivity index (χ4n) is 4.80. The Morgan fingerprint density at radius 2 is 1.89 bits per heavy atom. The zero-order chi connectivity index (χ0) is 25.8. The van der Waals surface area contributed by atoms with E-state index in [9.17, 15) is 9.18 Å². The largest absolute Gasteiger partial charge is 0.486 e. The number of carboxylic acid groups (broad SMARTS) is 1. The highest BCUT2D eigenvalue weighted by Gasteiger charge is 2.27. The monoisotopic (exact) mass is 536 g/mol. The minimum absolute atomic E-state index is 0. The van der Waals surface area contributed by atoms with E-state index in [0.717, 1.165) is 24.3 Å². The molecular weight excluding hydrogens is 507 g/mol. The topological polar surface area (TPSA) is 71.0 Å². The van der Waals surface area contributed by atoms with E-state index in [1.54, 1.807) is 18.2 Å². The molecule has 4 aromatic carbocycles. The van der Waals surface area contributed by atoms with Crippen molar-refractivity contribution in [2.24, 2.45) is 0 Å². The molecule has 38 heavy (non-hydrogen) atoms. The van der Waals surface area contributed by atoms with Gasteiger partial charge in [-0.05, 0) is 60.5 Å². The molecule has 1 aliphatic heterocycles. The molecule has 0 amide bonds. The summed E-state index contributed by atoms with van der Waals surface area (Å²) < 4.78 is 25.6. The third kappa shape index (κ3) is 6.18. The third-order valence-corrected chi connectivity index (χ3v) is 6.59. The van der Waals surface area contributed by atoms with Gasteiger partial charge in [0.1, 0.15) is 23.4 Å². The van der Waals surface area contributed by atoms with Gasteiger partial charge in [0, 0.05) is 23.9 Å². The molecule has 0 aromatic heterocycles. The van der Waals surface area contributed by atoms with E-state index in [4.69, 9.17) is 14.6 Å². The fourth-order valence-corrected chi connectivity index (χ4v) is 4.80. The van der Waals surface area contributed by atoms with Crippen molar-refractivity contribution in [3.8, 4) is 11.5 Å². The summed E-state index contributed by atoms with van der Waals surface area (Å²) in [5.74, 6) is -0.462. The smallest absolute Gasteiger partial charge is 0.341 e. The van der Waals surface area contributed by atoms with Gasteiger partial charge in [0.25, 0.3) is 0 Å². The van der Waals surface area contributed by atoms with Crippen molar-refractivity contribution in [1.82, 2.24) is 5.32 Å². The number of hydrogen-bond acceptors (Lipinski definition) is 5. The van der Waals surface area contributed by atoms with Crippen LogP contribution in [0, 0.1) is 5.82 Å². The van der Waals surface area contributed by atoms with Crippen LogP contribution in [0.2, 0.25) is 0 Å². The lowest BCUT2D eigenvalue weighted by molar-refractivity contribution is -0.139. The number of rotatable bonds is 9. The normalized spacial score (nSPS) is 15.2. The molecule has 0 bridgehead atoms. The van der Waals surface area contributed by atoms with Crippen molar-refractivity contribution in [2.75, 3.05) is 24.6 Å². The minimum atomic E-state index is -1.04. The summed E-state index contributed by atoms with van der Waals surface area (Å²) in [5.41, 5.74) is 2.82. The van der Waals surface area contributed by atoms with Crippen molar-refractivity contribution in [2.45, 2.75) is 25.5 Å². The van der Waals surface area contributed by atoms with Gasteiger partial charge >= 0.3 is 5.97 Å². The fraction of sp³-hybridized carbons (Fsp3) is 0.233. The Morgan fingerprint density at radius 1 is 1.11 bits per heavy atom. The molecule has 2 N–H and O–H groups in total. The van der Waals surface area contributed by atoms with Crippen molar-refractivity contribution >= 4 is 40.5 Å². The lowest BCUT2D eigenvalue weighted by atomic mass is 9.99. The van der Waals surface area contributed by atoms with Crippen LogP contribution in [0.15, 0.2) is 84.9 Å². The van der Waals surface area contributed by atoms with Crippen LogP contribution in [0.4, 0.5) is 15.8 Å². The highest BCUT2D eigenvalue weighted by atomic mass is 35.5. The maximum Gasteiger partial charge on any atom is 0.341 e. The third-order valence-electron chi connectivity index (χ3n) is 6.59. The highest BCUT2D eigenvalue weighted by molar-refractivity contribution is 5.86. The molecule has 0 saturated heterocycles. The molecule has 0 fully saturated rings. The molecule has 0 aliphatic carbocycles. The molecule has 1 aliphatic rings. The SMILES string of the molecule is C[C@@H](NCCC1CN(c2cccc(OCC(=O)O)c2)c2ccc(F)cc2O1)c1cccc2ccccc12.Cl. The summed E-state index contributed by atoms with van der Waals surface area (Å²) in [6.45, 7) is 3.02. The van der Waals surface area contributed by atoms with E-state index in [2.05, 4.69) is 53.5 Å². The number of aliphatic carboxylic acids is 1. The Kier molecular flexibility index (Phi) is 8.71. The minimum Gasteiger partial charge on any atom is -0.486 e. The second kappa shape index (κ2) is 12.2. The highest BCUT2D eigenvalue weighted by Crippen LogP contribution is 2.40. The number of ether oxygens (including phenoxy) is 2.